The van der Waals surface area contributed by atoms with Gasteiger partial charge < -0.3 is 15.4 Å². The van der Waals surface area contributed by atoms with Crippen LogP contribution in [0.4, 0.5) is 0 Å². The van der Waals surface area contributed by atoms with Crippen LogP contribution in [0, 0.1) is 0 Å². The highest BCUT2D eigenvalue weighted by atomic mass is 16.5. The lowest BCUT2D eigenvalue weighted by atomic mass is 10.1. The van der Waals surface area contributed by atoms with Crippen molar-refractivity contribution >= 4 is 11.9 Å². The molecule has 0 heterocycles. The Morgan fingerprint density at radius 1 is 1.29 bits per heavy atom. The minimum Gasteiger partial charge on any atom is -0.469 e. The van der Waals surface area contributed by atoms with Gasteiger partial charge in [0.15, 0.2) is 0 Å². The predicted octanol–water partition coefficient (Wildman–Crippen LogP) is 0.832. The number of esters is 1. The number of carbonyl (C=O) groups is 2. The molecule has 1 amide bonds. The fraction of sp³-hybridized carbons (Fsp3) is 0.833. The summed E-state index contributed by atoms with van der Waals surface area (Å²) in [6, 6.07) is -0.258. The maximum atomic E-state index is 11.7. The summed E-state index contributed by atoms with van der Waals surface area (Å²) in [5, 5.41) is 5.95. The summed E-state index contributed by atoms with van der Waals surface area (Å²) in [4.78, 5) is 22.5. The summed E-state index contributed by atoms with van der Waals surface area (Å²) in [5.74, 6) is -0.255. The molecule has 1 atom stereocenters. The number of methoxy groups -OCH3 is 1. The Bertz CT molecular complexity index is 259. The molecule has 5 heteroatoms. The first kappa shape index (κ1) is 15.9. The number of rotatable bonds is 6. The molecule has 0 saturated heterocycles. The fourth-order valence-electron chi connectivity index (χ4n) is 1.22. The number of nitrogens with one attached hydrogen (secondary N) is 2. The maximum Gasteiger partial charge on any atom is 0.305 e. The second-order valence-corrected chi connectivity index (χ2v) is 5.09. The van der Waals surface area contributed by atoms with E-state index in [4.69, 9.17) is 0 Å². The highest BCUT2D eigenvalue weighted by molar-refractivity contribution is 5.81. The van der Waals surface area contributed by atoms with E-state index < -0.39 is 0 Å². The molecule has 0 spiro atoms. The van der Waals surface area contributed by atoms with Gasteiger partial charge in [0.25, 0.3) is 0 Å². The third-order valence-electron chi connectivity index (χ3n) is 2.13. The summed E-state index contributed by atoms with van der Waals surface area (Å²) < 4.78 is 4.52. The Kier molecular flexibility index (Phi) is 6.80. The van der Waals surface area contributed by atoms with Gasteiger partial charge in [-0.25, -0.2) is 0 Å². The van der Waals surface area contributed by atoms with E-state index in [9.17, 15) is 9.59 Å². The van der Waals surface area contributed by atoms with Crippen molar-refractivity contribution in [2.75, 3.05) is 13.7 Å². The molecule has 0 aliphatic heterocycles. The Morgan fingerprint density at radius 3 is 2.35 bits per heavy atom. The zero-order chi connectivity index (χ0) is 13.5. The first-order valence-electron chi connectivity index (χ1n) is 5.88. The monoisotopic (exact) mass is 244 g/mol. The van der Waals surface area contributed by atoms with Gasteiger partial charge in [0.1, 0.15) is 0 Å². The molecule has 0 saturated carbocycles. The van der Waals surface area contributed by atoms with Crippen LogP contribution in [0.15, 0.2) is 0 Å². The predicted molar refractivity (Wildman–Crippen MR) is 66.6 cm³/mol. The number of carbonyl (C=O) groups excluding carboxylic acids is 2. The van der Waals surface area contributed by atoms with Crippen LogP contribution >= 0.6 is 0 Å². The van der Waals surface area contributed by atoms with Gasteiger partial charge >= 0.3 is 5.97 Å². The molecule has 2 N–H and O–H groups in total. The van der Waals surface area contributed by atoms with Crippen LogP contribution in [0.25, 0.3) is 0 Å². The van der Waals surface area contributed by atoms with Gasteiger partial charge in [0.05, 0.1) is 13.2 Å². The van der Waals surface area contributed by atoms with Crippen molar-refractivity contribution in [2.45, 2.75) is 52.1 Å². The SMILES string of the molecule is COC(=O)CCCNC(C)C(=O)NC(C)(C)C. The number of amides is 1. The van der Waals surface area contributed by atoms with Gasteiger partial charge in [-0.15, -0.1) is 0 Å². The standard InChI is InChI=1S/C12H24N2O3/c1-9(11(16)14-12(2,3)4)13-8-6-7-10(15)17-5/h9,13H,6-8H2,1-5H3,(H,14,16). The largest absolute Gasteiger partial charge is 0.469 e. The van der Waals surface area contributed by atoms with Crippen molar-refractivity contribution < 1.29 is 14.3 Å². The fourth-order valence-corrected chi connectivity index (χ4v) is 1.22. The molecule has 0 radical (unpaired) electrons. The summed E-state index contributed by atoms with van der Waals surface area (Å²) in [6.07, 6.45) is 1.04. The third-order valence-corrected chi connectivity index (χ3v) is 2.13. The summed E-state index contributed by atoms with van der Waals surface area (Å²) in [6.45, 7) is 8.24. The van der Waals surface area contributed by atoms with Gasteiger partial charge in [-0.1, -0.05) is 0 Å². The molecule has 0 aliphatic rings. The van der Waals surface area contributed by atoms with E-state index in [1.54, 1.807) is 6.92 Å². The lowest BCUT2D eigenvalue weighted by molar-refractivity contribution is -0.140. The van der Waals surface area contributed by atoms with Gasteiger partial charge in [0.2, 0.25) is 5.91 Å². The normalized spacial score (nSPS) is 13.0. The van der Waals surface area contributed by atoms with Crippen LogP contribution in [-0.2, 0) is 14.3 Å². The van der Waals surface area contributed by atoms with E-state index in [0.29, 0.717) is 19.4 Å². The minimum atomic E-state index is -0.258. The number of ether oxygens (including phenoxy) is 1. The van der Waals surface area contributed by atoms with Crippen molar-refractivity contribution in [1.82, 2.24) is 10.6 Å². The average Bonchev–Trinajstić information content (AvgIpc) is 2.21. The molecular formula is C12H24N2O3. The zero-order valence-corrected chi connectivity index (χ0v) is 11.4. The van der Waals surface area contributed by atoms with E-state index in [1.165, 1.54) is 7.11 Å². The van der Waals surface area contributed by atoms with E-state index in [1.807, 2.05) is 20.8 Å². The molecule has 0 fully saturated rings. The molecule has 100 valence electrons. The molecule has 1 unspecified atom stereocenters. The number of hydrogen-bond acceptors (Lipinski definition) is 4. The molecule has 5 nitrogen and oxygen atoms in total. The quantitative estimate of drug-likeness (QED) is 0.536. The topological polar surface area (TPSA) is 67.4 Å². The van der Waals surface area contributed by atoms with Crippen molar-refractivity contribution in [3.05, 3.63) is 0 Å². The first-order chi connectivity index (χ1) is 7.76. The van der Waals surface area contributed by atoms with Crippen LogP contribution in [0.5, 0.6) is 0 Å². The second-order valence-electron chi connectivity index (χ2n) is 5.09. The Hall–Kier alpha value is -1.10. The molecule has 0 aromatic heterocycles. The van der Waals surface area contributed by atoms with Crippen molar-refractivity contribution in [1.29, 1.82) is 0 Å². The van der Waals surface area contributed by atoms with Crippen LogP contribution in [0.1, 0.15) is 40.5 Å². The first-order valence-corrected chi connectivity index (χ1v) is 5.88. The number of hydrogen-bond donors (Lipinski definition) is 2. The lowest BCUT2D eigenvalue weighted by Crippen LogP contribution is -2.49. The Balaban J connectivity index is 3.75. The van der Waals surface area contributed by atoms with E-state index in [-0.39, 0.29) is 23.5 Å². The molecule has 0 rings (SSSR count). The van der Waals surface area contributed by atoms with Crippen molar-refractivity contribution in [2.24, 2.45) is 0 Å². The van der Waals surface area contributed by atoms with Gasteiger partial charge in [-0.3, -0.25) is 9.59 Å². The molecule has 17 heavy (non-hydrogen) atoms. The third kappa shape index (κ3) is 8.68. The van der Waals surface area contributed by atoms with Gasteiger partial charge in [0, 0.05) is 12.0 Å². The van der Waals surface area contributed by atoms with E-state index in [0.717, 1.165) is 0 Å². The maximum absolute atomic E-state index is 11.7. The molecule has 0 aliphatic carbocycles. The van der Waals surface area contributed by atoms with Crippen LogP contribution in [0.3, 0.4) is 0 Å². The van der Waals surface area contributed by atoms with Gasteiger partial charge in [-0.2, -0.15) is 0 Å². The van der Waals surface area contributed by atoms with Crippen molar-refractivity contribution in [3.8, 4) is 0 Å². The summed E-state index contributed by atoms with van der Waals surface area (Å²) in [7, 11) is 1.37. The Labute approximate surface area is 103 Å². The summed E-state index contributed by atoms with van der Waals surface area (Å²) in [5.41, 5.74) is -0.223. The van der Waals surface area contributed by atoms with Crippen LogP contribution in [-0.4, -0.2) is 37.1 Å². The van der Waals surface area contributed by atoms with E-state index in [2.05, 4.69) is 15.4 Å². The van der Waals surface area contributed by atoms with Gasteiger partial charge in [-0.05, 0) is 40.7 Å². The highest BCUT2D eigenvalue weighted by Crippen LogP contribution is 1.99. The smallest absolute Gasteiger partial charge is 0.305 e. The lowest BCUT2D eigenvalue weighted by Gasteiger charge is -2.23. The highest BCUT2D eigenvalue weighted by Gasteiger charge is 2.18. The van der Waals surface area contributed by atoms with E-state index >= 15 is 0 Å². The molecule has 0 bridgehead atoms. The summed E-state index contributed by atoms with van der Waals surface area (Å²) >= 11 is 0. The Morgan fingerprint density at radius 2 is 1.88 bits per heavy atom. The van der Waals surface area contributed by atoms with Crippen LogP contribution in [0.2, 0.25) is 0 Å². The molecule has 0 aromatic rings. The van der Waals surface area contributed by atoms with Crippen LogP contribution < -0.4 is 10.6 Å². The molecule has 0 aromatic carbocycles. The average molecular weight is 244 g/mol. The minimum absolute atomic E-state index is 0.0319. The van der Waals surface area contributed by atoms with Crippen molar-refractivity contribution in [3.63, 3.8) is 0 Å². The molecular weight excluding hydrogens is 220 g/mol. The second kappa shape index (κ2) is 7.27. The zero-order valence-electron chi connectivity index (χ0n) is 11.4.